The Hall–Kier alpha value is -2.75. The Labute approximate surface area is 130 Å². The highest BCUT2D eigenvalue weighted by Crippen LogP contribution is 2.37. The van der Waals surface area contributed by atoms with Crippen molar-refractivity contribution in [3.05, 3.63) is 72.5 Å². The first-order chi connectivity index (χ1) is 11.0. The molecule has 1 heterocycles. The van der Waals surface area contributed by atoms with Crippen LogP contribution in [-0.4, -0.2) is 0 Å². The molecule has 0 N–H and O–H groups in total. The fourth-order valence-corrected chi connectivity index (χ4v) is 2.86. The fourth-order valence-electron chi connectivity index (χ4n) is 2.86. The number of furan rings is 1. The van der Waals surface area contributed by atoms with Crippen molar-refractivity contribution in [3.8, 4) is 11.1 Å². The number of hydrogen-bond acceptors (Lipinski definition) is 1. The zero-order valence-electron chi connectivity index (χ0n) is 11.9. The van der Waals surface area contributed by atoms with Crippen LogP contribution in [0, 0.1) is 0 Å². The van der Waals surface area contributed by atoms with Gasteiger partial charge in [0.25, 0.3) is 0 Å². The van der Waals surface area contributed by atoms with Crippen LogP contribution in [-0.2, 0) is 6.18 Å². The molecule has 4 heteroatoms. The molecular weight excluding hydrogens is 301 g/mol. The van der Waals surface area contributed by atoms with Gasteiger partial charge in [0.05, 0.1) is 11.8 Å². The Bertz CT molecular complexity index is 995. The maximum atomic E-state index is 12.7. The first kappa shape index (κ1) is 13.9. The predicted molar refractivity (Wildman–Crippen MR) is 84.2 cm³/mol. The van der Waals surface area contributed by atoms with Crippen molar-refractivity contribution in [2.24, 2.45) is 0 Å². The van der Waals surface area contributed by atoms with Gasteiger partial charge in [-0.15, -0.1) is 0 Å². The van der Waals surface area contributed by atoms with E-state index in [0.29, 0.717) is 5.56 Å². The fraction of sp³-hybridized carbons (Fsp3) is 0.0526. The number of benzene rings is 3. The molecule has 4 rings (SSSR count). The van der Waals surface area contributed by atoms with Gasteiger partial charge in [-0.05, 0) is 34.5 Å². The minimum atomic E-state index is -4.33. The van der Waals surface area contributed by atoms with Crippen LogP contribution < -0.4 is 0 Å². The number of alkyl halides is 3. The highest BCUT2D eigenvalue weighted by Gasteiger charge is 2.30. The van der Waals surface area contributed by atoms with Gasteiger partial charge in [0, 0.05) is 10.9 Å². The van der Waals surface area contributed by atoms with Gasteiger partial charge >= 0.3 is 6.18 Å². The molecule has 0 aliphatic carbocycles. The average Bonchev–Trinajstić information content (AvgIpc) is 2.99. The third kappa shape index (κ3) is 2.27. The van der Waals surface area contributed by atoms with Gasteiger partial charge in [-0.25, -0.2) is 0 Å². The summed E-state index contributed by atoms with van der Waals surface area (Å²) in [6, 6.07) is 16.9. The van der Waals surface area contributed by atoms with Gasteiger partial charge in [-0.2, -0.15) is 13.2 Å². The normalized spacial score (nSPS) is 12.1. The monoisotopic (exact) mass is 312 g/mol. The number of fused-ring (bicyclic) bond motifs is 3. The lowest BCUT2D eigenvalue weighted by Crippen LogP contribution is -2.03. The van der Waals surface area contributed by atoms with E-state index in [1.165, 1.54) is 12.1 Å². The molecule has 23 heavy (non-hydrogen) atoms. The SMILES string of the molecule is FC(F)(F)c1ccc(-c2coc3ccc4ccccc4c23)cc1. The van der Waals surface area contributed by atoms with Crippen LogP contribution in [0.1, 0.15) is 5.56 Å². The minimum Gasteiger partial charge on any atom is -0.464 e. The van der Waals surface area contributed by atoms with Crippen molar-refractivity contribution < 1.29 is 17.6 Å². The summed E-state index contributed by atoms with van der Waals surface area (Å²) in [6.07, 6.45) is -2.73. The van der Waals surface area contributed by atoms with Crippen LogP contribution in [0.15, 0.2) is 71.3 Å². The van der Waals surface area contributed by atoms with E-state index in [0.717, 1.165) is 39.4 Å². The van der Waals surface area contributed by atoms with Crippen LogP contribution in [0.3, 0.4) is 0 Å². The van der Waals surface area contributed by atoms with E-state index < -0.39 is 11.7 Å². The third-order valence-corrected chi connectivity index (χ3v) is 3.99. The zero-order valence-corrected chi connectivity index (χ0v) is 11.9. The standard InChI is InChI=1S/C19H11F3O/c20-19(21,22)14-8-5-13(6-9-14)16-11-23-17-10-7-12-3-1-2-4-15(12)18(16)17/h1-11H. The molecule has 0 unspecified atom stereocenters. The minimum absolute atomic E-state index is 0.654. The van der Waals surface area contributed by atoms with E-state index in [-0.39, 0.29) is 0 Å². The van der Waals surface area contributed by atoms with Gasteiger partial charge in [0.1, 0.15) is 5.58 Å². The Kier molecular flexibility index (Phi) is 2.94. The molecule has 0 spiro atoms. The lowest BCUT2D eigenvalue weighted by atomic mass is 9.99. The molecule has 0 saturated carbocycles. The number of halogens is 3. The molecule has 4 aromatic rings. The van der Waals surface area contributed by atoms with Crippen molar-refractivity contribution in [2.75, 3.05) is 0 Å². The molecule has 0 amide bonds. The Morgan fingerprint density at radius 1 is 0.783 bits per heavy atom. The van der Waals surface area contributed by atoms with E-state index in [2.05, 4.69) is 0 Å². The predicted octanol–water partition coefficient (Wildman–Crippen LogP) is 6.27. The Balaban J connectivity index is 1.94. The highest BCUT2D eigenvalue weighted by atomic mass is 19.4. The maximum absolute atomic E-state index is 12.7. The first-order valence-corrected chi connectivity index (χ1v) is 7.10. The quantitative estimate of drug-likeness (QED) is 0.403. The molecule has 0 fully saturated rings. The van der Waals surface area contributed by atoms with Crippen molar-refractivity contribution >= 4 is 21.7 Å². The highest BCUT2D eigenvalue weighted by molar-refractivity contribution is 6.12. The summed E-state index contributed by atoms with van der Waals surface area (Å²) in [7, 11) is 0. The second kappa shape index (κ2) is 4.88. The lowest BCUT2D eigenvalue weighted by Gasteiger charge is -2.07. The van der Waals surface area contributed by atoms with Crippen LogP contribution in [0.4, 0.5) is 13.2 Å². The molecular formula is C19H11F3O. The lowest BCUT2D eigenvalue weighted by molar-refractivity contribution is -0.137. The van der Waals surface area contributed by atoms with Crippen molar-refractivity contribution in [2.45, 2.75) is 6.18 Å². The summed E-state index contributed by atoms with van der Waals surface area (Å²) in [5.74, 6) is 0. The molecule has 114 valence electrons. The molecule has 0 bridgehead atoms. The van der Waals surface area contributed by atoms with Gasteiger partial charge in [0.2, 0.25) is 0 Å². The second-order valence-electron chi connectivity index (χ2n) is 5.38. The van der Waals surface area contributed by atoms with Crippen molar-refractivity contribution in [3.63, 3.8) is 0 Å². The molecule has 1 aromatic heterocycles. The largest absolute Gasteiger partial charge is 0.464 e. The van der Waals surface area contributed by atoms with Crippen molar-refractivity contribution in [1.29, 1.82) is 0 Å². The van der Waals surface area contributed by atoms with Gasteiger partial charge in [-0.1, -0.05) is 42.5 Å². The van der Waals surface area contributed by atoms with Crippen LogP contribution >= 0.6 is 0 Å². The van der Waals surface area contributed by atoms with Gasteiger partial charge in [-0.3, -0.25) is 0 Å². The number of rotatable bonds is 1. The molecule has 1 nitrogen and oxygen atoms in total. The second-order valence-corrected chi connectivity index (χ2v) is 5.38. The van der Waals surface area contributed by atoms with Crippen LogP contribution in [0.5, 0.6) is 0 Å². The Morgan fingerprint density at radius 3 is 2.26 bits per heavy atom. The zero-order chi connectivity index (χ0) is 16.0. The summed E-state index contributed by atoms with van der Waals surface area (Å²) in [5, 5.41) is 3.01. The Morgan fingerprint density at radius 2 is 1.52 bits per heavy atom. The van der Waals surface area contributed by atoms with Crippen molar-refractivity contribution in [1.82, 2.24) is 0 Å². The van der Waals surface area contributed by atoms with Gasteiger partial charge in [0.15, 0.2) is 0 Å². The van der Waals surface area contributed by atoms with E-state index in [1.807, 2.05) is 36.4 Å². The summed E-state index contributed by atoms with van der Waals surface area (Å²) in [4.78, 5) is 0. The molecule has 0 atom stereocenters. The van der Waals surface area contributed by atoms with Crippen LogP contribution in [0.25, 0.3) is 32.9 Å². The van der Waals surface area contributed by atoms with Crippen LogP contribution in [0.2, 0.25) is 0 Å². The molecule has 0 saturated heterocycles. The number of hydrogen-bond donors (Lipinski definition) is 0. The molecule has 0 aliphatic heterocycles. The topological polar surface area (TPSA) is 13.1 Å². The van der Waals surface area contributed by atoms with Gasteiger partial charge < -0.3 is 4.42 Å². The first-order valence-electron chi connectivity index (χ1n) is 7.10. The summed E-state index contributed by atoms with van der Waals surface area (Å²) in [6.45, 7) is 0. The summed E-state index contributed by atoms with van der Waals surface area (Å²) in [5.41, 5.74) is 1.57. The van der Waals surface area contributed by atoms with E-state index >= 15 is 0 Å². The van der Waals surface area contributed by atoms with E-state index in [4.69, 9.17) is 4.42 Å². The summed E-state index contributed by atoms with van der Waals surface area (Å²) < 4.78 is 43.7. The third-order valence-electron chi connectivity index (χ3n) is 3.99. The summed E-state index contributed by atoms with van der Waals surface area (Å²) >= 11 is 0. The maximum Gasteiger partial charge on any atom is 0.416 e. The molecule has 3 aromatic carbocycles. The van der Waals surface area contributed by atoms with E-state index in [1.54, 1.807) is 6.26 Å². The van der Waals surface area contributed by atoms with E-state index in [9.17, 15) is 13.2 Å². The molecule has 0 aliphatic rings. The smallest absolute Gasteiger partial charge is 0.416 e. The molecule has 0 radical (unpaired) electrons. The average molecular weight is 312 g/mol.